The van der Waals surface area contributed by atoms with Crippen LogP contribution in [0.3, 0.4) is 0 Å². The zero-order valence-electron chi connectivity index (χ0n) is 11.6. The lowest BCUT2D eigenvalue weighted by Crippen LogP contribution is -2.25. The van der Waals surface area contributed by atoms with E-state index in [1.807, 2.05) is 0 Å². The maximum Gasteiger partial charge on any atom is 0.132 e. The molecule has 0 unspecified atom stereocenters. The second kappa shape index (κ2) is 5.65. The number of hydrogen-bond donors (Lipinski definition) is 1. The Morgan fingerprint density at radius 2 is 2.17 bits per heavy atom. The Labute approximate surface area is 109 Å². The molecule has 18 heavy (non-hydrogen) atoms. The summed E-state index contributed by atoms with van der Waals surface area (Å²) in [6.45, 7) is 6.22. The van der Waals surface area contributed by atoms with E-state index in [1.54, 1.807) is 13.4 Å². The number of rotatable bonds is 6. The molecule has 0 saturated carbocycles. The van der Waals surface area contributed by atoms with Crippen LogP contribution in [0.5, 0.6) is 0 Å². The van der Waals surface area contributed by atoms with Crippen molar-refractivity contribution in [1.29, 1.82) is 0 Å². The second-order valence-electron chi connectivity index (χ2n) is 5.76. The Bertz CT molecular complexity index is 404. The van der Waals surface area contributed by atoms with Gasteiger partial charge in [0.1, 0.15) is 12.1 Å². The summed E-state index contributed by atoms with van der Waals surface area (Å²) in [4.78, 5) is 8.72. The van der Waals surface area contributed by atoms with Gasteiger partial charge in [-0.05, 0) is 31.1 Å². The molecule has 0 fully saturated rings. The molecule has 4 nitrogen and oxygen atoms in total. The molecular formula is C14H23N3O. The van der Waals surface area contributed by atoms with Gasteiger partial charge in [-0.25, -0.2) is 9.97 Å². The van der Waals surface area contributed by atoms with Crippen molar-refractivity contribution < 1.29 is 4.74 Å². The quantitative estimate of drug-likeness (QED) is 0.841. The van der Waals surface area contributed by atoms with Crippen molar-refractivity contribution in [3.8, 4) is 0 Å². The van der Waals surface area contributed by atoms with Crippen molar-refractivity contribution in [2.45, 2.75) is 39.5 Å². The molecule has 0 aromatic carbocycles. The van der Waals surface area contributed by atoms with E-state index in [4.69, 9.17) is 4.74 Å². The molecule has 1 aromatic rings. The summed E-state index contributed by atoms with van der Waals surface area (Å²) in [5.74, 6) is 1.03. The first-order chi connectivity index (χ1) is 8.62. The lowest BCUT2D eigenvalue weighted by Gasteiger charge is -2.25. The van der Waals surface area contributed by atoms with Gasteiger partial charge in [0.2, 0.25) is 0 Å². The highest BCUT2D eigenvalue weighted by molar-refractivity contribution is 5.48. The van der Waals surface area contributed by atoms with E-state index in [1.165, 1.54) is 17.7 Å². The summed E-state index contributed by atoms with van der Waals surface area (Å²) in [7, 11) is 1.75. The van der Waals surface area contributed by atoms with Gasteiger partial charge in [0.25, 0.3) is 0 Å². The predicted molar refractivity (Wildman–Crippen MR) is 72.8 cm³/mol. The SMILES string of the molecule is COCCC(C)(C)CNc1ncnc2c1CCC2. The van der Waals surface area contributed by atoms with Crippen molar-refractivity contribution >= 4 is 5.82 Å². The molecule has 0 aliphatic heterocycles. The highest BCUT2D eigenvalue weighted by atomic mass is 16.5. The molecule has 0 saturated heterocycles. The molecule has 2 rings (SSSR count). The van der Waals surface area contributed by atoms with Crippen molar-refractivity contribution in [2.24, 2.45) is 5.41 Å². The van der Waals surface area contributed by atoms with Crippen LogP contribution in [0.15, 0.2) is 6.33 Å². The molecule has 1 heterocycles. The van der Waals surface area contributed by atoms with Gasteiger partial charge in [-0.1, -0.05) is 13.8 Å². The van der Waals surface area contributed by atoms with E-state index >= 15 is 0 Å². The van der Waals surface area contributed by atoms with Crippen molar-refractivity contribution in [1.82, 2.24) is 9.97 Å². The first-order valence-corrected chi connectivity index (χ1v) is 6.68. The Hall–Kier alpha value is -1.16. The first-order valence-electron chi connectivity index (χ1n) is 6.68. The standard InChI is InChI=1S/C14H23N3O/c1-14(2,7-8-18-3)9-15-13-11-5-4-6-12(11)16-10-17-13/h10H,4-9H2,1-3H3,(H,15,16,17). The fourth-order valence-corrected chi connectivity index (χ4v) is 2.30. The van der Waals surface area contributed by atoms with Gasteiger partial charge in [-0.3, -0.25) is 0 Å². The van der Waals surface area contributed by atoms with Gasteiger partial charge >= 0.3 is 0 Å². The van der Waals surface area contributed by atoms with E-state index in [0.717, 1.165) is 38.2 Å². The molecule has 0 atom stereocenters. The van der Waals surface area contributed by atoms with E-state index in [2.05, 4.69) is 29.1 Å². The Morgan fingerprint density at radius 3 is 2.94 bits per heavy atom. The van der Waals surface area contributed by atoms with Crippen LogP contribution >= 0.6 is 0 Å². The van der Waals surface area contributed by atoms with E-state index in [-0.39, 0.29) is 5.41 Å². The van der Waals surface area contributed by atoms with E-state index < -0.39 is 0 Å². The third-order valence-electron chi connectivity index (χ3n) is 3.59. The number of nitrogens with zero attached hydrogens (tertiary/aromatic N) is 2. The number of anilines is 1. The molecule has 4 heteroatoms. The third kappa shape index (κ3) is 3.19. The first kappa shape index (κ1) is 13.3. The minimum atomic E-state index is 0.215. The largest absolute Gasteiger partial charge is 0.385 e. The van der Waals surface area contributed by atoms with Crippen LogP contribution in [-0.4, -0.2) is 30.2 Å². The molecule has 1 N–H and O–H groups in total. The molecule has 1 aliphatic rings. The van der Waals surface area contributed by atoms with Crippen molar-refractivity contribution in [2.75, 3.05) is 25.6 Å². The summed E-state index contributed by atoms with van der Waals surface area (Å²) in [5.41, 5.74) is 2.76. The number of ether oxygens (including phenoxy) is 1. The lowest BCUT2D eigenvalue weighted by molar-refractivity contribution is 0.157. The molecule has 0 spiro atoms. The number of aryl methyl sites for hydroxylation is 1. The maximum absolute atomic E-state index is 5.15. The van der Waals surface area contributed by atoms with Crippen molar-refractivity contribution in [3.05, 3.63) is 17.6 Å². The maximum atomic E-state index is 5.15. The van der Waals surface area contributed by atoms with Crippen LogP contribution in [0.2, 0.25) is 0 Å². The third-order valence-corrected chi connectivity index (χ3v) is 3.59. The predicted octanol–water partition coefficient (Wildman–Crippen LogP) is 2.44. The van der Waals surface area contributed by atoms with Gasteiger partial charge in [0, 0.05) is 31.5 Å². The monoisotopic (exact) mass is 249 g/mol. The second-order valence-corrected chi connectivity index (χ2v) is 5.76. The average Bonchev–Trinajstić information content (AvgIpc) is 2.82. The summed E-state index contributed by atoms with van der Waals surface area (Å²) >= 11 is 0. The Balaban J connectivity index is 1.96. The van der Waals surface area contributed by atoms with Gasteiger partial charge < -0.3 is 10.1 Å². The minimum absolute atomic E-state index is 0.215. The van der Waals surface area contributed by atoms with Crippen LogP contribution < -0.4 is 5.32 Å². The molecular weight excluding hydrogens is 226 g/mol. The summed E-state index contributed by atoms with van der Waals surface area (Å²) in [6, 6.07) is 0. The zero-order valence-corrected chi connectivity index (χ0v) is 11.6. The van der Waals surface area contributed by atoms with Crippen LogP contribution in [0.25, 0.3) is 0 Å². The molecule has 1 aliphatic carbocycles. The van der Waals surface area contributed by atoms with Crippen LogP contribution in [0.4, 0.5) is 5.82 Å². The van der Waals surface area contributed by atoms with Crippen molar-refractivity contribution in [3.63, 3.8) is 0 Å². The van der Waals surface area contributed by atoms with Gasteiger partial charge in [-0.15, -0.1) is 0 Å². The number of hydrogen-bond acceptors (Lipinski definition) is 4. The van der Waals surface area contributed by atoms with Crippen LogP contribution in [0, 0.1) is 5.41 Å². The summed E-state index contributed by atoms with van der Waals surface area (Å²) < 4.78 is 5.15. The van der Waals surface area contributed by atoms with E-state index in [0.29, 0.717) is 0 Å². The molecule has 100 valence electrons. The average molecular weight is 249 g/mol. The molecule has 0 amide bonds. The lowest BCUT2D eigenvalue weighted by atomic mass is 9.89. The zero-order chi connectivity index (χ0) is 13.0. The Morgan fingerprint density at radius 1 is 1.33 bits per heavy atom. The minimum Gasteiger partial charge on any atom is -0.385 e. The number of methoxy groups -OCH3 is 1. The number of fused-ring (bicyclic) bond motifs is 1. The fourth-order valence-electron chi connectivity index (χ4n) is 2.30. The number of nitrogens with one attached hydrogen (secondary N) is 1. The smallest absolute Gasteiger partial charge is 0.132 e. The number of aromatic nitrogens is 2. The van der Waals surface area contributed by atoms with Gasteiger partial charge in [0.05, 0.1) is 0 Å². The van der Waals surface area contributed by atoms with Crippen LogP contribution in [-0.2, 0) is 17.6 Å². The highest BCUT2D eigenvalue weighted by Gasteiger charge is 2.21. The van der Waals surface area contributed by atoms with Crippen LogP contribution in [0.1, 0.15) is 37.9 Å². The molecule has 1 aromatic heterocycles. The fraction of sp³-hybridized carbons (Fsp3) is 0.714. The molecule has 0 bridgehead atoms. The highest BCUT2D eigenvalue weighted by Crippen LogP contribution is 2.27. The Kier molecular flexibility index (Phi) is 4.17. The molecule has 0 radical (unpaired) electrons. The van der Waals surface area contributed by atoms with E-state index in [9.17, 15) is 0 Å². The topological polar surface area (TPSA) is 47.0 Å². The normalized spacial score (nSPS) is 14.6. The van der Waals surface area contributed by atoms with Gasteiger partial charge in [-0.2, -0.15) is 0 Å². The summed E-state index contributed by atoms with van der Waals surface area (Å²) in [6.07, 6.45) is 6.13. The summed E-state index contributed by atoms with van der Waals surface area (Å²) in [5, 5.41) is 3.49. The van der Waals surface area contributed by atoms with Gasteiger partial charge in [0.15, 0.2) is 0 Å².